The second-order valence-corrected chi connectivity index (χ2v) is 7.22. The molecule has 19 heavy (non-hydrogen) atoms. The first-order chi connectivity index (χ1) is 8.69. The van der Waals surface area contributed by atoms with Crippen LogP contribution in [0.25, 0.3) is 0 Å². The molecule has 0 atom stereocenters. The summed E-state index contributed by atoms with van der Waals surface area (Å²) in [5.41, 5.74) is 0.845. The van der Waals surface area contributed by atoms with E-state index in [4.69, 9.17) is 16.2 Å². The Bertz CT molecular complexity index is 639. The van der Waals surface area contributed by atoms with Crippen LogP contribution in [0, 0.1) is 0 Å². The maximum atomic E-state index is 10.7. The van der Waals surface area contributed by atoms with E-state index in [1.165, 1.54) is 0 Å². The van der Waals surface area contributed by atoms with Crippen molar-refractivity contribution in [3.05, 3.63) is 22.8 Å². The molecule has 5 nitrogen and oxygen atoms in total. The molecule has 1 N–H and O–H groups in total. The van der Waals surface area contributed by atoms with Crippen molar-refractivity contribution in [2.75, 3.05) is 5.75 Å². The zero-order valence-corrected chi connectivity index (χ0v) is 12.4. The fraction of sp³-hybridized carbons (Fsp3) is 0.500. The number of aryl methyl sites for hydroxylation is 1. The Kier molecular flexibility index (Phi) is 3.68. The summed E-state index contributed by atoms with van der Waals surface area (Å²) < 4.78 is 32.0. The van der Waals surface area contributed by atoms with E-state index < -0.39 is 10.1 Å². The lowest BCUT2D eigenvalue weighted by Gasteiger charge is -2.13. The summed E-state index contributed by atoms with van der Waals surface area (Å²) in [7, 11) is -3.93. The lowest BCUT2D eigenvalue weighted by atomic mass is 9.88. The summed E-state index contributed by atoms with van der Waals surface area (Å²) in [5, 5.41) is 0.587. The Balaban J connectivity index is 2.26. The molecule has 2 heterocycles. The van der Waals surface area contributed by atoms with Crippen LogP contribution in [-0.2, 0) is 22.1 Å². The molecule has 1 aromatic rings. The second-order valence-electron chi connectivity index (χ2n) is 5.21. The standard InChI is InChI=1S/C12H15ClN2O3S/c1-12(2)8-14-11-10(12)6-9(13)7-15(11)4-3-5-19(16,17)18/h6-8H,3-5H2,1-2H3/p+1. The van der Waals surface area contributed by atoms with Crippen molar-refractivity contribution in [1.82, 2.24) is 0 Å². The molecule has 0 spiro atoms. The summed E-state index contributed by atoms with van der Waals surface area (Å²) in [6, 6.07) is 1.88. The minimum Gasteiger partial charge on any atom is -0.286 e. The number of hydrogen-bond donors (Lipinski definition) is 1. The normalized spacial score (nSPS) is 16.6. The molecule has 0 fully saturated rings. The van der Waals surface area contributed by atoms with Gasteiger partial charge in [-0.25, -0.2) is 4.57 Å². The SMILES string of the molecule is CC1(C)C=Nc2c1cc(Cl)c[n+]2CCCS(=O)(=O)O. The van der Waals surface area contributed by atoms with E-state index >= 15 is 0 Å². The summed E-state index contributed by atoms with van der Waals surface area (Å²) in [5.74, 6) is 0.527. The molecule has 1 aromatic heterocycles. The lowest BCUT2D eigenvalue weighted by molar-refractivity contribution is -0.684. The molecule has 0 aromatic carbocycles. The monoisotopic (exact) mass is 303 g/mol. The highest BCUT2D eigenvalue weighted by Gasteiger charge is 2.35. The molecule has 0 aliphatic carbocycles. The predicted molar refractivity (Wildman–Crippen MR) is 73.9 cm³/mol. The number of nitrogens with zero attached hydrogens (tertiary/aromatic N) is 2. The topological polar surface area (TPSA) is 70.6 Å². The van der Waals surface area contributed by atoms with Gasteiger partial charge in [-0.1, -0.05) is 16.6 Å². The average Bonchev–Trinajstić information content (AvgIpc) is 2.53. The molecule has 0 unspecified atom stereocenters. The van der Waals surface area contributed by atoms with E-state index in [1.54, 1.807) is 6.20 Å². The van der Waals surface area contributed by atoms with Gasteiger partial charge in [0.05, 0.1) is 28.3 Å². The fourth-order valence-corrected chi connectivity index (χ4v) is 2.82. The number of aromatic nitrogens is 1. The molecule has 104 valence electrons. The van der Waals surface area contributed by atoms with Crippen LogP contribution in [-0.4, -0.2) is 24.9 Å². The fourth-order valence-electron chi connectivity index (χ4n) is 2.10. The van der Waals surface area contributed by atoms with Crippen molar-refractivity contribution in [1.29, 1.82) is 0 Å². The number of fused-ring (bicyclic) bond motifs is 1. The molecule has 1 aliphatic heterocycles. The van der Waals surface area contributed by atoms with Gasteiger partial charge in [0.25, 0.3) is 10.1 Å². The Morgan fingerprint density at radius 1 is 1.47 bits per heavy atom. The molecule has 0 bridgehead atoms. The minimum absolute atomic E-state index is 0.176. The van der Waals surface area contributed by atoms with Crippen LogP contribution in [0.4, 0.5) is 5.82 Å². The molecule has 0 saturated heterocycles. The van der Waals surface area contributed by atoms with Crippen LogP contribution in [0.3, 0.4) is 0 Å². The van der Waals surface area contributed by atoms with Crippen molar-refractivity contribution < 1.29 is 17.5 Å². The molecule has 2 rings (SSSR count). The van der Waals surface area contributed by atoms with Gasteiger partial charge in [0.1, 0.15) is 12.4 Å². The number of hydrogen-bond acceptors (Lipinski definition) is 3. The van der Waals surface area contributed by atoms with Gasteiger partial charge in [-0.3, -0.25) is 4.55 Å². The largest absolute Gasteiger partial charge is 0.326 e. The van der Waals surface area contributed by atoms with Gasteiger partial charge in [-0.05, 0) is 19.9 Å². The number of halogens is 1. The summed E-state index contributed by atoms with van der Waals surface area (Å²) in [4.78, 5) is 4.38. The first-order valence-electron chi connectivity index (χ1n) is 5.93. The first kappa shape index (κ1) is 14.4. The van der Waals surface area contributed by atoms with Crippen molar-refractivity contribution >= 4 is 33.8 Å². The van der Waals surface area contributed by atoms with Crippen LogP contribution in [0.1, 0.15) is 25.8 Å². The molecule has 7 heteroatoms. The molecule has 1 aliphatic rings. The van der Waals surface area contributed by atoms with Gasteiger partial charge < -0.3 is 0 Å². The van der Waals surface area contributed by atoms with E-state index in [0.717, 1.165) is 11.4 Å². The third-order valence-corrected chi connectivity index (χ3v) is 4.09. The highest BCUT2D eigenvalue weighted by molar-refractivity contribution is 7.85. The zero-order chi connectivity index (χ0) is 14.3. The highest BCUT2D eigenvalue weighted by Crippen LogP contribution is 2.35. The second kappa shape index (κ2) is 4.85. The summed E-state index contributed by atoms with van der Waals surface area (Å²) in [6.45, 7) is 4.53. The van der Waals surface area contributed by atoms with Gasteiger partial charge in [0.15, 0.2) is 0 Å². The van der Waals surface area contributed by atoms with Gasteiger partial charge in [0, 0.05) is 6.42 Å². The third kappa shape index (κ3) is 3.32. The van der Waals surface area contributed by atoms with Crippen LogP contribution in [0.2, 0.25) is 5.02 Å². The van der Waals surface area contributed by atoms with E-state index in [-0.39, 0.29) is 11.2 Å². The smallest absolute Gasteiger partial charge is 0.286 e. The summed E-state index contributed by atoms with van der Waals surface area (Å²) >= 11 is 6.08. The van der Waals surface area contributed by atoms with E-state index in [0.29, 0.717) is 18.0 Å². The van der Waals surface area contributed by atoms with Crippen LogP contribution < -0.4 is 4.57 Å². The van der Waals surface area contributed by atoms with Crippen LogP contribution in [0.5, 0.6) is 0 Å². The third-order valence-electron chi connectivity index (χ3n) is 3.08. The van der Waals surface area contributed by atoms with Crippen LogP contribution >= 0.6 is 11.6 Å². The first-order valence-corrected chi connectivity index (χ1v) is 7.92. The van der Waals surface area contributed by atoms with Crippen molar-refractivity contribution in [2.45, 2.75) is 32.2 Å². The van der Waals surface area contributed by atoms with Crippen LogP contribution in [0.15, 0.2) is 17.3 Å². The van der Waals surface area contributed by atoms with Crippen molar-refractivity contribution in [3.63, 3.8) is 0 Å². The van der Waals surface area contributed by atoms with Gasteiger partial charge >= 0.3 is 5.82 Å². The summed E-state index contributed by atoms with van der Waals surface area (Å²) in [6.07, 6.45) is 3.89. The van der Waals surface area contributed by atoms with E-state index in [2.05, 4.69) is 4.99 Å². The number of pyridine rings is 1. The maximum Gasteiger partial charge on any atom is 0.326 e. The zero-order valence-electron chi connectivity index (χ0n) is 10.8. The Morgan fingerprint density at radius 3 is 2.79 bits per heavy atom. The Morgan fingerprint density at radius 2 is 2.16 bits per heavy atom. The van der Waals surface area contributed by atoms with Gasteiger partial charge in [-0.2, -0.15) is 8.42 Å². The highest BCUT2D eigenvalue weighted by atomic mass is 35.5. The molecular weight excluding hydrogens is 288 g/mol. The molecular formula is C12H16ClN2O3S+. The number of rotatable bonds is 4. The minimum atomic E-state index is -3.93. The van der Waals surface area contributed by atoms with Crippen molar-refractivity contribution in [3.8, 4) is 0 Å². The Hall–Kier alpha value is -0.980. The van der Waals surface area contributed by atoms with E-state index in [9.17, 15) is 8.42 Å². The van der Waals surface area contributed by atoms with Crippen molar-refractivity contribution in [2.24, 2.45) is 4.99 Å². The Labute approximate surface area is 117 Å². The average molecular weight is 304 g/mol. The maximum absolute atomic E-state index is 10.7. The predicted octanol–water partition coefficient (Wildman–Crippen LogP) is 1.90. The lowest BCUT2D eigenvalue weighted by Crippen LogP contribution is -2.36. The number of aliphatic imine (C=N–C) groups is 1. The van der Waals surface area contributed by atoms with E-state index in [1.807, 2.05) is 30.7 Å². The van der Waals surface area contributed by atoms with Gasteiger partial charge in [-0.15, -0.1) is 0 Å². The molecule has 0 radical (unpaired) electrons. The van der Waals surface area contributed by atoms with Gasteiger partial charge in [0.2, 0.25) is 0 Å². The molecule has 0 saturated carbocycles. The molecule has 0 amide bonds. The quantitative estimate of drug-likeness (QED) is 0.682.